The van der Waals surface area contributed by atoms with Crippen LogP contribution in [0, 0.1) is 6.92 Å². The Labute approximate surface area is 121 Å². The predicted molar refractivity (Wildman–Crippen MR) is 79.8 cm³/mol. The summed E-state index contributed by atoms with van der Waals surface area (Å²) >= 11 is 0. The molecule has 0 spiro atoms. The van der Waals surface area contributed by atoms with Gasteiger partial charge in [-0.25, -0.2) is 4.98 Å². The normalized spacial score (nSPS) is 10.8. The highest BCUT2D eigenvalue weighted by Crippen LogP contribution is 2.30. The van der Waals surface area contributed by atoms with Crippen molar-refractivity contribution in [1.29, 1.82) is 0 Å². The van der Waals surface area contributed by atoms with E-state index in [9.17, 15) is 9.28 Å². The molecule has 0 aliphatic rings. The van der Waals surface area contributed by atoms with Crippen LogP contribution < -0.4 is 5.32 Å². The zero-order valence-electron chi connectivity index (χ0n) is 11.7. The smallest absolute Gasteiger partial charge is 0.251 e. The number of nitrogens with one attached hydrogen (secondary N) is 1. The molecule has 0 saturated carbocycles. The SMILES string of the molecule is CNC(=O)c1cccc(C)c1-c1nc2ccccc2n1F. The topological polar surface area (TPSA) is 46.9 Å². The molecule has 0 atom stereocenters. The van der Waals surface area contributed by atoms with Crippen molar-refractivity contribution in [3.05, 3.63) is 53.6 Å². The van der Waals surface area contributed by atoms with E-state index in [-0.39, 0.29) is 11.7 Å². The number of carbonyl (C=O) groups excluding carboxylic acids is 1. The molecule has 1 N–H and O–H groups in total. The molecule has 0 unspecified atom stereocenters. The van der Waals surface area contributed by atoms with Crippen molar-refractivity contribution in [3.8, 4) is 11.4 Å². The van der Waals surface area contributed by atoms with Crippen molar-refractivity contribution in [1.82, 2.24) is 15.1 Å². The molecule has 0 bridgehead atoms. The summed E-state index contributed by atoms with van der Waals surface area (Å²) in [6.45, 7) is 1.83. The molecular formula is C16H14FN3O. The van der Waals surface area contributed by atoms with Gasteiger partial charge in [-0.1, -0.05) is 28.7 Å². The standard InChI is InChI=1S/C16H14FN3O/c1-10-6-5-7-11(16(21)18-2)14(10)15-19-12-8-3-4-9-13(12)20(15)17/h3-9H,1-2H3,(H,18,21). The number of carbonyl (C=O) groups is 1. The van der Waals surface area contributed by atoms with E-state index in [2.05, 4.69) is 10.3 Å². The largest absolute Gasteiger partial charge is 0.355 e. The highest BCUT2D eigenvalue weighted by atomic mass is 19.2. The maximum atomic E-state index is 14.6. The number of halogens is 1. The van der Waals surface area contributed by atoms with Gasteiger partial charge < -0.3 is 5.32 Å². The molecule has 21 heavy (non-hydrogen) atoms. The summed E-state index contributed by atoms with van der Waals surface area (Å²) in [6, 6.07) is 12.2. The number of hydrogen-bond donors (Lipinski definition) is 1. The lowest BCUT2D eigenvalue weighted by molar-refractivity contribution is 0.0963. The third-order valence-corrected chi connectivity index (χ3v) is 3.47. The lowest BCUT2D eigenvalue weighted by atomic mass is 10.0. The van der Waals surface area contributed by atoms with Gasteiger partial charge in [-0.3, -0.25) is 4.79 Å². The Kier molecular flexibility index (Phi) is 3.17. The summed E-state index contributed by atoms with van der Waals surface area (Å²) in [4.78, 5) is 16.9. The van der Waals surface area contributed by atoms with Gasteiger partial charge in [0.2, 0.25) is 0 Å². The summed E-state index contributed by atoms with van der Waals surface area (Å²) in [5.74, 6) is -0.117. The summed E-state index contributed by atoms with van der Waals surface area (Å²) in [5, 5.41) is 2.57. The van der Waals surface area contributed by atoms with E-state index in [1.165, 1.54) is 0 Å². The summed E-state index contributed by atoms with van der Waals surface area (Å²) in [7, 11) is 1.55. The first-order valence-corrected chi connectivity index (χ1v) is 6.59. The number of aromatic nitrogens is 2. The van der Waals surface area contributed by atoms with Crippen LogP contribution in [0.4, 0.5) is 4.48 Å². The molecule has 2 aromatic carbocycles. The number of fused-ring (bicyclic) bond motifs is 1. The van der Waals surface area contributed by atoms with Crippen LogP contribution in [0.3, 0.4) is 0 Å². The number of imidazole rings is 1. The van der Waals surface area contributed by atoms with Crippen LogP contribution in [-0.2, 0) is 0 Å². The maximum absolute atomic E-state index is 14.6. The molecule has 1 heterocycles. The second-order valence-electron chi connectivity index (χ2n) is 4.78. The zero-order chi connectivity index (χ0) is 15.0. The Bertz CT molecular complexity index is 839. The Balaban J connectivity index is 2.32. The van der Waals surface area contributed by atoms with Crippen molar-refractivity contribution in [3.63, 3.8) is 0 Å². The van der Waals surface area contributed by atoms with Gasteiger partial charge in [-0.05, 0) is 30.7 Å². The van der Waals surface area contributed by atoms with E-state index in [0.29, 0.717) is 26.9 Å². The second-order valence-corrected chi connectivity index (χ2v) is 4.78. The van der Waals surface area contributed by atoms with Crippen LogP contribution >= 0.6 is 0 Å². The van der Waals surface area contributed by atoms with Crippen LogP contribution in [-0.4, -0.2) is 22.7 Å². The molecule has 5 heteroatoms. The summed E-state index contributed by atoms with van der Waals surface area (Å²) in [6.07, 6.45) is 0. The van der Waals surface area contributed by atoms with Gasteiger partial charge in [0, 0.05) is 12.6 Å². The highest BCUT2D eigenvalue weighted by molar-refractivity contribution is 6.01. The minimum atomic E-state index is -0.263. The first kappa shape index (κ1) is 13.3. The van der Waals surface area contributed by atoms with Crippen LogP contribution in [0.2, 0.25) is 0 Å². The molecule has 3 aromatic rings. The average molecular weight is 283 g/mol. The number of hydrogen-bond acceptors (Lipinski definition) is 2. The molecule has 4 nitrogen and oxygen atoms in total. The minimum absolute atomic E-state index is 0.146. The van der Waals surface area contributed by atoms with Crippen molar-refractivity contribution in [2.24, 2.45) is 0 Å². The van der Waals surface area contributed by atoms with Crippen LogP contribution in [0.15, 0.2) is 42.5 Å². The Morgan fingerprint density at radius 3 is 2.67 bits per heavy atom. The molecule has 1 aromatic heterocycles. The van der Waals surface area contributed by atoms with Crippen molar-refractivity contribution < 1.29 is 9.28 Å². The quantitative estimate of drug-likeness (QED) is 0.785. The number of benzene rings is 2. The van der Waals surface area contributed by atoms with Gasteiger partial charge in [-0.2, -0.15) is 4.79 Å². The molecule has 0 saturated heterocycles. The van der Waals surface area contributed by atoms with Gasteiger partial charge in [0.15, 0.2) is 5.82 Å². The van der Waals surface area contributed by atoms with Gasteiger partial charge in [0.1, 0.15) is 5.52 Å². The van der Waals surface area contributed by atoms with Crippen LogP contribution in [0.5, 0.6) is 0 Å². The van der Waals surface area contributed by atoms with Crippen molar-refractivity contribution in [2.45, 2.75) is 6.92 Å². The molecular weight excluding hydrogens is 269 g/mol. The van der Waals surface area contributed by atoms with E-state index >= 15 is 0 Å². The maximum Gasteiger partial charge on any atom is 0.251 e. The molecule has 1 amide bonds. The Morgan fingerprint density at radius 1 is 1.19 bits per heavy atom. The van der Waals surface area contributed by atoms with E-state index in [0.717, 1.165) is 5.56 Å². The third-order valence-electron chi connectivity index (χ3n) is 3.47. The molecule has 0 aliphatic heterocycles. The van der Waals surface area contributed by atoms with E-state index in [1.807, 2.05) is 13.0 Å². The lowest BCUT2D eigenvalue weighted by Crippen LogP contribution is -2.19. The van der Waals surface area contributed by atoms with Gasteiger partial charge in [0.05, 0.1) is 11.1 Å². The average Bonchev–Trinajstić information content (AvgIpc) is 2.83. The minimum Gasteiger partial charge on any atom is -0.355 e. The highest BCUT2D eigenvalue weighted by Gasteiger charge is 2.20. The Hall–Kier alpha value is -2.69. The third kappa shape index (κ3) is 2.07. The number of amides is 1. The monoisotopic (exact) mass is 283 g/mol. The number of para-hydroxylation sites is 2. The van der Waals surface area contributed by atoms with Crippen LogP contribution in [0.25, 0.3) is 22.4 Å². The van der Waals surface area contributed by atoms with Crippen molar-refractivity contribution >= 4 is 16.9 Å². The van der Waals surface area contributed by atoms with Gasteiger partial charge in [-0.15, -0.1) is 0 Å². The first-order chi connectivity index (χ1) is 10.1. The number of nitrogens with zero attached hydrogens (tertiary/aromatic N) is 2. The van der Waals surface area contributed by atoms with E-state index in [1.54, 1.807) is 43.4 Å². The number of aryl methyl sites for hydroxylation is 1. The Morgan fingerprint density at radius 2 is 1.95 bits per heavy atom. The summed E-state index contributed by atoms with van der Waals surface area (Å²) < 4.78 is 14.6. The second kappa shape index (κ2) is 5.01. The fraction of sp³-hybridized carbons (Fsp3) is 0.125. The zero-order valence-corrected chi connectivity index (χ0v) is 11.7. The van der Waals surface area contributed by atoms with Gasteiger partial charge in [0.25, 0.3) is 5.91 Å². The predicted octanol–water partition coefficient (Wildman–Crippen LogP) is 3.10. The molecule has 3 rings (SSSR count). The summed E-state index contributed by atoms with van der Waals surface area (Å²) in [5.41, 5.74) is 2.66. The molecule has 0 radical (unpaired) electrons. The fourth-order valence-corrected chi connectivity index (χ4v) is 2.44. The molecule has 106 valence electrons. The van der Waals surface area contributed by atoms with E-state index in [4.69, 9.17) is 0 Å². The fourth-order valence-electron chi connectivity index (χ4n) is 2.44. The molecule has 0 aliphatic carbocycles. The van der Waals surface area contributed by atoms with E-state index < -0.39 is 0 Å². The number of rotatable bonds is 2. The van der Waals surface area contributed by atoms with Crippen LogP contribution in [0.1, 0.15) is 15.9 Å². The lowest BCUT2D eigenvalue weighted by Gasteiger charge is -2.10. The molecule has 0 fully saturated rings. The first-order valence-electron chi connectivity index (χ1n) is 6.59. The van der Waals surface area contributed by atoms with Crippen molar-refractivity contribution in [2.75, 3.05) is 7.05 Å². The van der Waals surface area contributed by atoms with Gasteiger partial charge >= 0.3 is 0 Å².